The highest BCUT2D eigenvalue weighted by molar-refractivity contribution is 7.96. The number of benzene rings is 1. The normalized spacial score (nSPS) is 19.4. The Kier molecular flexibility index (Phi) is 7.91. The summed E-state index contributed by atoms with van der Waals surface area (Å²) in [6.07, 6.45) is 2.73. The van der Waals surface area contributed by atoms with E-state index >= 15 is 0 Å². The average molecular weight is 435 g/mol. The Labute approximate surface area is 178 Å². The van der Waals surface area contributed by atoms with Gasteiger partial charge in [0.1, 0.15) is 0 Å². The van der Waals surface area contributed by atoms with Crippen LogP contribution in [0.2, 0.25) is 0 Å². The minimum atomic E-state index is -3.83. The number of hydrazone groups is 1. The van der Waals surface area contributed by atoms with Crippen LogP contribution in [0.25, 0.3) is 0 Å². The zero-order valence-corrected chi connectivity index (χ0v) is 18.7. The SMILES string of the molecule is CC/C=C(/C(CC)=N\NCC(C)N)S(=O)(=O)c1ccc(N2C(=O)CC(C)C2=O)cc1. The molecule has 0 aromatic heterocycles. The van der Waals surface area contributed by atoms with Crippen LogP contribution in [0.15, 0.2) is 45.2 Å². The van der Waals surface area contributed by atoms with Gasteiger partial charge in [0.15, 0.2) is 0 Å². The summed E-state index contributed by atoms with van der Waals surface area (Å²) in [5, 5.41) is 4.24. The largest absolute Gasteiger partial charge is 0.326 e. The van der Waals surface area contributed by atoms with Crippen molar-refractivity contribution in [1.29, 1.82) is 0 Å². The van der Waals surface area contributed by atoms with Gasteiger partial charge in [0, 0.05) is 24.9 Å². The average Bonchev–Trinajstić information content (AvgIpc) is 2.95. The number of amides is 2. The van der Waals surface area contributed by atoms with E-state index in [0.29, 0.717) is 30.8 Å². The number of rotatable bonds is 9. The van der Waals surface area contributed by atoms with Crippen molar-refractivity contribution in [2.75, 3.05) is 11.4 Å². The molecule has 0 spiro atoms. The highest BCUT2D eigenvalue weighted by atomic mass is 32.2. The van der Waals surface area contributed by atoms with E-state index in [-0.39, 0.29) is 40.0 Å². The molecule has 0 bridgehead atoms. The number of nitrogens with zero attached hydrogens (tertiary/aromatic N) is 2. The number of anilines is 1. The Bertz CT molecular complexity index is 950. The van der Waals surface area contributed by atoms with Gasteiger partial charge in [-0.2, -0.15) is 5.10 Å². The van der Waals surface area contributed by atoms with Crippen LogP contribution in [0.5, 0.6) is 0 Å². The zero-order valence-electron chi connectivity index (χ0n) is 17.9. The molecule has 0 radical (unpaired) electrons. The molecule has 8 nitrogen and oxygen atoms in total. The van der Waals surface area contributed by atoms with Gasteiger partial charge in [-0.25, -0.2) is 8.42 Å². The van der Waals surface area contributed by atoms with Crippen molar-refractivity contribution < 1.29 is 18.0 Å². The smallest absolute Gasteiger partial charge is 0.237 e. The van der Waals surface area contributed by atoms with Crippen molar-refractivity contribution in [3.63, 3.8) is 0 Å². The quantitative estimate of drug-likeness (QED) is 0.349. The number of nitrogens with one attached hydrogen (secondary N) is 1. The molecule has 2 unspecified atom stereocenters. The maximum Gasteiger partial charge on any atom is 0.237 e. The van der Waals surface area contributed by atoms with Crippen molar-refractivity contribution in [3.8, 4) is 0 Å². The summed E-state index contributed by atoms with van der Waals surface area (Å²) >= 11 is 0. The van der Waals surface area contributed by atoms with Gasteiger partial charge in [0.05, 0.1) is 21.2 Å². The van der Waals surface area contributed by atoms with Crippen molar-refractivity contribution >= 4 is 33.1 Å². The monoisotopic (exact) mass is 434 g/mol. The maximum atomic E-state index is 13.3. The predicted octanol–water partition coefficient (Wildman–Crippen LogP) is 2.36. The number of hydrogen-bond acceptors (Lipinski definition) is 7. The number of carbonyl (C=O) groups excluding carboxylic acids is 2. The van der Waals surface area contributed by atoms with Crippen LogP contribution in [0.4, 0.5) is 5.69 Å². The number of sulfone groups is 1. The second-order valence-corrected chi connectivity index (χ2v) is 9.32. The number of carbonyl (C=O) groups is 2. The third-order valence-corrected chi connectivity index (χ3v) is 6.58. The first-order valence-corrected chi connectivity index (χ1v) is 11.6. The first-order valence-electron chi connectivity index (χ1n) is 10.1. The highest BCUT2D eigenvalue weighted by Crippen LogP contribution is 2.29. The van der Waals surface area contributed by atoms with Gasteiger partial charge < -0.3 is 11.2 Å². The van der Waals surface area contributed by atoms with Crippen LogP contribution in [-0.4, -0.2) is 38.5 Å². The Morgan fingerprint density at radius 2 is 1.93 bits per heavy atom. The van der Waals surface area contributed by atoms with Crippen molar-refractivity contribution in [2.45, 2.75) is 57.9 Å². The van der Waals surface area contributed by atoms with E-state index in [4.69, 9.17) is 5.73 Å². The molecule has 1 saturated heterocycles. The van der Waals surface area contributed by atoms with Crippen molar-refractivity contribution in [1.82, 2.24) is 5.43 Å². The van der Waals surface area contributed by atoms with Gasteiger partial charge in [-0.1, -0.05) is 26.8 Å². The summed E-state index contributed by atoms with van der Waals surface area (Å²) in [6, 6.07) is 5.69. The van der Waals surface area contributed by atoms with Gasteiger partial charge >= 0.3 is 0 Å². The number of allylic oxidation sites excluding steroid dienone is 2. The fourth-order valence-electron chi connectivity index (χ4n) is 3.12. The Morgan fingerprint density at radius 3 is 2.40 bits per heavy atom. The molecule has 2 atom stereocenters. The van der Waals surface area contributed by atoms with Gasteiger partial charge in [-0.05, 0) is 44.0 Å². The Morgan fingerprint density at radius 1 is 1.30 bits per heavy atom. The standard InChI is InChI=1S/C21H30N4O4S/c1-5-7-19(18(6-2)24-23-13-15(4)22)30(28,29)17-10-8-16(9-11-17)25-20(26)12-14(3)21(25)27/h7-11,14-15,23H,5-6,12-13,22H2,1-4H3/b19-7-,24-18-. The maximum absolute atomic E-state index is 13.3. The first-order chi connectivity index (χ1) is 14.1. The molecule has 3 N–H and O–H groups in total. The van der Waals surface area contributed by atoms with Crippen molar-refractivity contribution in [2.24, 2.45) is 16.8 Å². The molecule has 164 valence electrons. The van der Waals surface area contributed by atoms with E-state index < -0.39 is 9.84 Å². The third-order valence-electron chi connectivity index (χ3n) is 4.70. The van der Waals surface area contributed by atoms with E-state index in [9.17, 15) is 18.0 Å². The van der Waals surface area contributed by atoms with Crippen LogP contribution in [0.3, 0.4) is 0 Å². The Hall–Kier alpha value is -2.52. The molecule has 1 heterocycles. The lowest BCUT2D eigenvalue weighted by atomic mass is 10.1. The lowest BCUT2D eigenvalue weighted by Gasteiger charge is -2.16. The summed E-state index contributed by atoms with van der Waals surface area (Å²) in [4.78, 5) is 25.6. The molecule has 2 amide bonds. The molecule has 30 heavy (non-hydrogen) atoms. The number of hydrogen-bond donors (Lipinski definition) is 2. The summed E-state index contributed by atoms with van der Waals surface area (Å²) in [7, 11) is -3.83. The van der Waals surface area contributed by atoms with Crippen molar-refractivity contribution in [3.05, 3.63) is 35.2 Å². The molecule has 9 heteroatoms. The lowest BCUT2D eigenvalue weighted by molar-refractivity contribution is -0.122. The molecule has 0 aliphatic carbocycles. The summed E-state index contributed by atoms with van der Waals surface area (Å²) in [5.41, 5.74) is 9.33. The van der Waals surface area contributed by atoms with Crippen LogP contribution in [0, 0.1) is 5.92 Å². The first kappa shape index (κ1) is 23.8. The summed E-state index contributed by atoms with van der Waals surface area (Å²) < 4.78 is 26.6. The van der Waals surface area contributed by atoms with Crippen LogP contribution in [0.1, 0.15) is 47.0 Å². The van der Waals surface area contributed by atoms with Crippen LogP contribution < -0.4 is 16.1 Å². The summed E-state index contributed by atoms with van der Waals surface area (Å²) in [6.45, 7) is 7.64. The van der Waals surface area contributed by atoms with E-state index in [1.54, 1.807) is 13.0 Å². The number of nitrogens with two attached hydrogens (primary N) is 1. The van der Waals surface area contributed by atoms with Gasteiger partial charge in [0.25, 0.3) is 0 Å². The van der Waals surface area contributed by atoms with Crippen LogP contribution >= 0.6 is 0 Å². The fourth-order valence-corrected chi connectivity index (χ4v) is 4.75. The second-order valence-electron chi connectivity index (χ2n) is 7.40. The summed E-state index contributed by atoms with van der Waals surface area (Å²) in [5.74, 6) is -0.926. The molecule has 1 aromatic rings. The topological polar surface area (TPSA) is 122 Å². The molecule has 2 rings (SSSR count). The minimum Gasteiger partial charge on any atom is -0.326 e. The molecule has 1 aromatic carbocycles. The van der Waals surface area contributed by atoms with Gasteiger partial charge in [-0.3, -0.25) is 14.5 Å². The molecule has 0 saturated carbocycles. The van der Waals surface area contributed by atoms with E-state index in [2.05, 4.69) is 10.5 Å². The van der Waals surface area contributed by atoms with E-state index in [1.807, 2.05) is 20.8 Å². The molecular weight excluding hydrogens is 404 g/mol. The van der Waals surface area contributed by atoms with Gasteiger partial charge in [0.2, 0.25) is 21.7 Å². The molecule has 1 aliphatic heterocycles. The Balaban J connectivity index is 2.36. The minimum absolute atomic E-state index is 0.0754. The van der Waals surface area contributed by atoms with Gasteiger partial charge in [-0.15, -0.1) is 0 Å². The number of imide groups is 1. The lowest BCUT2D eigenvalue weighted by Crippen LogP contribution is -2.30. The second kappa shape index (κ2) is 9.99. The predicted molar refractivity (Wildman–Crippen MR) is 118 cm³/mol. The fraction of sp³-hybridized carbons (Fsp3) is 0.476. The van der Waals surface area contributed by atoms with E-state index in [0.717, 1.165) is 4.90 Å². The zero-order chi connectivity index (χ0) is 22.5. The highest BCUT2D eigenvalue weighted by Gasteiger charge is 2.36. The molecule has 1 aliphatic rings. The molecular formula is C21H30N4O4S. The van der Waals surface area contributed by atoms with E-state index in [1.165, 1.54) is 24.3 Å². The molecule has 1 fully saturated rings. The third kappa shape index (κ3) is 5.14. The van der Waals surface area contributed by atoms with Crippen LogP contribution in [-0.2, 0) is 19.4 Å².